The molecular formula is C36H45N3O6. The summed E-state index contributed by atoms with van der Waals surface area (Å²) in [6, 6.07) is 14.3. The van der Waals surface area contributed by atoms with E-state index in [0.717, 1.165) is 36.1 Å². The highest BCUT2D eigenvalue weighted by Crippen LogP contribution is 2.34. The van der Waals surface area contributed by atoms with Crippen LogP contribution in [0.5, 0.6) is 0 Å². The first kappa shape index (κ1) is 32.4. The molecule has 0 spiro atoms. The fourth-order valence-corrected chi connectivity index (χ4v) is 6.62. The Morgan fingerprint density at radius 2 is 1.69 bits per heavy atom. The number of aliphatic hydroxyl groups excluding tert-OH is 1. The number of ketones is 1. The molecule has 2 aliphatic heterocycles. The second kappa shape index (κ2) is 13.6. The van der Waals surface area contributed by atoms with E-state index in [1.807, 2.05) is 71.0 Å². The van der Waals surface area contributed by atoms with Crippen molar-refractivity contribution in [2.45, 2.75) is 96.9 Å². The molecule has 1 N–H and O–H groups in total. The summed E-state index contributed by atoms with van der Waals surface area (Å²) < 4.78 is 11.3. The normalized spacial score (nSPS) is 19.9. The number of rotatable bonds is 9. The van der Waals surface area contributed by atoms with E-state index in [1.54, 1.807) is 28.2 Å². The number of aliphatic hydroxyl groups is 1. The van der Waals surface area contributed by atoms with Crippen LogP contribution in [-0.2, 0) is 11.2 Å². The summed E-state index contributed by atoms with van der Waals surface area (Å²) in [5.41, 5.74) is 2.79. The van der Waals surface area contributed by atoms with Gasteiger partial charge in [0.2, 0.25) is 5.89 Å². The first-order valence-corrected chi connectivity index (χ1v) is 16.0. The van der Waals surface area contributed by atoms with Gasteiger partial charge in [-0.1, -0.05) is 30.3 Å². The lowest BCUT2D eigenvalue weighted by Gasteiger charge is -2.34. The Labute approximate surface area is 265 Å². The van der Waals surface area contributed by atoms with Crippen LogP contribution in [0.3, 0.4) is 0 Å². The molecular weight excluding hydrogens is 570 g/mol. The lowest BCUT2D eigenvalue weighted by molar-refractivity contribution is -0.00804. The Kier molecular flexibility index (Phi) is 9.77. The van der Waals surface area contributed by atoms with Gasteiger partial charge in [-0.2, -0.15) is 0 Å². The van der Waals surface area contributed by atoms with Crippen molar-refractivity contribution in [3.05, 3.63) is 88.6 Å². The number of carbonyl (C=O) groups excluding carboxylic acids is 3. The summed E-state index contributed by atoms with van der Waals surface area (Å²) in [5, 5.41) is 11.8. The molecule has 2 aliphatic rings. The van der Waals surface area contributed by atoms with Crippen molar-refractivity contribution in [1.29, 1.82) is 0 Å². The minimum absolute atomic E-state index is 0.0632. The third-order valence-corrected chi connectivity index (χ3v) is 8.67. The van der Waals surface area contributed by atoms with Gasteiger partial charge < -0.3 is 24.1 Å². The minimum atomic E-state index is -0.940. The van der Waals surface area contributed by atoms with Crippen molar-refractivity contribution in [3.63, 3.8) is 0 Å². The number of ether oxygens (including phenoxy) is 1. The Morgan fingerprint density at radius 1 is 1.00 bits per heavy atom. The van der Waals surface area contributed by atoms with Crippen LogP contribution in [0, 0.1) is 19.8 Å². The lowest BCUT2D eigenvalue weighted by Crippen LogP contribution is -2.48. The summed E-state index contributed by atoms with van der Waals surface area (Å²) in [4.78, 5) is 48.6. The SMILES string of the molecule is Cc1cc(C(=O)C[C@@H](Cc2ccccc2)[C@H](O)[C@H]2CCCN2C(=O)OC(C)(C)C)cc(C(=O)N2CCC[C@@H]2c2nc(C)co2)c1. The quantitative estimate of drug-likeness (QED) is 0.275. The first-order valence-electron chi connectivity index (χ1n) is 16.0. The fourth-order valence-electron chi connectivity index (χ4n) is 6.62. The highest BCUT2D eigenvalue weighted by Gasteiger charge is 2.40. The molecule has 0 saturated carbocycles. The van der Waals surface area contributed by atoms with Crippen molar-refractivity contribution in [3.8, 4) is 0 Å². The maximum absolute atomic E-state index is 13.9. The number of benzene rings is 2. The monoisotopic (exact) mass is 615 g/mol. The van der Waals surface area contributed by atoms with Crippen LogP contribution in [-0.4, -0.2) is 68.5 Å². The third-order valence-electron chi connectivity index (χ3n) is 8.67. The maximum atomic E-state index is 13.9. The number of likely N-dealkylation sites (tertiary alicyclic amines) is 2. The van der Waals surface area contributed by atoms with Crippen LogP contribution in [0.1, 0.15) is 102 Å². The van der Waals surface area contributed by atoms with Crippen molar-refractivity contribution >= 4 is 17.8 Å². The van der Waals surface area contributed by atoms with Gasteiger partial charge in [-0.3, -0.25) is 9.59 Å². The van der Waals surface area contributed by atoms with E-state index in [2.05, 4.69) is 4.98 Å². The summed E-state index contributed by atoms with van der Waals surface area (Å²) in [6.07, 6.45) is 3.73. The second-order valence-corrected chi connectivity index (χ2v) is 13.5. The number of hydrogen-bond donors (Lipinski definition) is 1. The first-order chi connectivity index (χ1) is 21.4. The van der Waals surface area contributed by atoms with E-state index < -0.39 is 29.8 Å². The molecule has 45 heavy (non-hydrogen) atoms. The number of carbonyl (C=O) groups is 3. The molecule has 0 bridgehead atoms. The maximum Gasteiger partial charge on any atom is 0.410 e. The van der Waals surface area contributed by atoms with Crippen molar-refractivity contribution in [1.82, 2.24) is 14.8 Å². The molecule has 3 heterocycles. The predicted octanol–water partition coefficient (Wildman–Crippen LogP) is 6.46. The van der Waals surface area contributed by atoms with Gasteiger partial charge in [-0.25, -0.2) is 9.78 Å². The van der Waals surface area contributed by atoms with E-state index in [9.17, 15) is 19.5 Å². The molecule has 1 aromatic heterocycles. The van der Waals surface area contributed by atoms with Gasteiger partial charge in [0.15, 0.2) is 5.78 Å². The number of nitrogens with zero attached hydrogens (tertiary/aromatic N) is 3. The molecule has 5 rings (SSSR count). The molecule has 9 heteroatoms. The second-order valence-electron chi connectivity index (χ2n) is 13.5. The van der Waals surface area contributed by atoms with Gasteiger partial charge in [0.25, 0.3) is 5.91 Å². The molecule has 3 aromatic rings. The molecule has 4 atom stereocenters. The number of amides is 2. The van der Waals surface area contributed by atoms with E-state index in [-0.39, 0.29) is 24.2 Å². The van der Waals surface area contributed by atoms with Gasteiger partial charge in [-0.15, -0.1) is 0 Å². The van der Waals surface area contributed by atoms with E-state index >= 15 is 0 Å². The number of Topliss-reactive ketones (excluding diaryl/α,β-unsaturated/α-hetero) is 1. The highest BCUT2D eigenvalue weighted by molar-refractivity contribution is 6.01. The summed E-state index contributed by atoms with van der Waals surface area (Å²) >= 11 is 0. The number of aryl methyl sites for hydroxylation is 2. The predicted molar refractivity (Wildman–Crippen MR) is 170 cm³/mol. The van der Waals surface area contributed by atoms with Crippen molar-refractivity contribution < 1.29 is 28.6 Å². The molecule has 9 nitrogen and oxygen atoms in total. The average Bonchev–Trinajstić information content (AvgIpc) is 3.76. The van der Waals surface area contributed by atoms with Gasteiger partial charge >= 0.3 is 6.09 Å². The molecule has 0 aliphatic carbocycles. The van der Waals surface area contributed by atoms with Crippen LogP contribution in [0.2, 0.25) is 0 Å². The smallest absolute Gasteiger partial charge is 0.410 e. The molecule has 2 saturated heterocycles. The van der Waals surface area contributed by atoms with E-state index in [0.29, 0.717) is 42.9 Å². The van der Waals surface area contributed by atoms with Gasteiger partial charge in [-0.05, 0) is 102 Å². The average molecular weight is 616 g/mol. The molecule has 2 fully saturated rings. The largest absolute Gasteiger partial charge is 0.446 e. The van der Waals surface area contributed by atoms with Gasteiger partial charge in [0.1, 0.15) is 17.9 Å². The third kappa shape index (κ3) is 7.82. The van der Waals surface area contributed by atoms with Crippen LogP contribution in [0.15, 0.2) is 59.2 Å². The molecule has 2 amide bonds. The number of oxazole rings is 1. The zero-order chi connectivity index (χ0) is 32.3. The standard InChI is InChI=1S/C36H45N3O6/c1-23-17-26(20-28(18-23)34(42)38-15-10-14-30(38)33-37-24(2)22-44-33)31(40)21-27(19-25-11-7-6-8-12-25)32(41)29-13-9-16-39(29)35(43)45-36(3,4)5/h6-8,11-12,17-18,20,22,27,29-30,32,41H,9-10,13-16,19,21H2,1-5H3/t27-,29-,30-,32+/m1/s1. The Bertz CT molecular complexity index is 1510. The topological polar surface area (TPSA) is 113 Å². The minimum Gasteiger partial charge on any atom is -0.446 e. The van der Waals surface area contributed by atoms with Crippen LogP contribution < -0.4 is 0 Å². The number of hydrogen-bond acceptors (Lipinski definition) is 7. The van der Waals surface area contributed by atoms with Gasteiger partial charge in [0, 0.05) is 30.6 Å². The molecule has 240 valence electrons. The Morgan fingerprint density at radius 3 is 2.38 bits per heavy atom. The molecule has 2 aromatic carbocycles. The van der Waals surface area contributed by atoms with Crippen LogP contribution >= 0.6 is 0 Å². The zero-order valence-corrected chi connectivity index (χ0v) is 27.0. The Balaban J connectivity index is 1.37. The van der Waals surface area contributed by atoms with Crippen LogP contribution in [0.4, 0.5) is 4.79 Å². The highest BCUT2D eigenvalue weighted by atomic mass is 16.6. The molecule has 0 radical (unpaired) electrons. The summed E-state index contributed by atoms with van der Waals surface area (Å²) in [5.74, 6) is -0.238. The summed E-state index contributed by atoms with van der Waals surface area (Å²) in [7, 11) is 0. The van der Waals surface area contributed by atoms with Crippen LogP contribution in [0.25, 0.3) is 0 Å². The van der Waals surface area contributed by atoms with Crippen molar-refractivity contribution in [2.24, 2.45) is 5.92 Å². The van der Waals surface area contributed by atoms with Gasteiger partial charge in [0.05, 0.1) is 17.8 Å². The Hall–Kier alpha value is -3.98. The zero-order valence-electron chi connectivity index (χ0n) is 27.0. The van der Waals surface area contributed by atoms with Crippen molar-refractivity contribution in [2.75, 3.05) is 13.1 Å². The number of aromatic nitrogens is 1. The van der Waals surface area contributed by atoms with E-state index in [4.69, 9.17) is 9.15 Å². The fraction of sp³-hybridized carbons (Fsp3) is 0.500. The lowest BCUT2D eigenvalue weighted by atomic mass is 9.84. The summed E-state index contributed by atoms with van der Waals surface area (Å²) in [6.45, 7) is 10.3. The molecule has 0 unspecified atom stereocenters. The van der Waals surface area contributed by atoms with E-state index in [1.165, 1.54) is 0 Å².